The Morgan fingerprint density at radius 2 is 2.20 bits per heavy atom. The van der Waals surface area contributed by atoms with Crippen LogP contribution in [-0.2, 0) is 13.0 Å². The predicted molar refractivity (Wildman–Crippen MR) is 95.0 cm³/mol. The van der Waals surface area contributed by atoms with E-state index in [1.165, 1.54) is 17.5 Å². The van der Waals surface area contributed by atoms with Crippen LogP contribution >= 0.6 is 0 Å². The monoisotopic (exact) mass is 339 g/mol. The topological polar surface area (TPSA) is 63.1 Å². The number of amides is 2. The number of carbonyl (C=O) groups is 1. The quantitative estimate of drug-likeness (QED) is 0.911. The zero-order valence-electron chi connectivity index (χ0n) is 14.6. The molecular weight excluding hydrogens is 314 g/mol. The molecule has 1 aromatic heterocycles. The maximum atomic E-state index is 13.0. The molecule has 2 aliphatic rings. The number of nitrogens with one attached hydrogen (secondary N) is 1. The van der Waals surface area contributed by atoms with Crippen LogP contribution in [0.2, 0.25) is 0 Å². The summed E-state index contributed by atoms with van der Waals surface area (Å²) in [5.41, 5.74) is 2.73. The first-order valence-corrected chi connectivity index (χ1v) is 9.21. The van der Waals surface area contributed by atoms with Gasteiger partial charge in [0.2, 0.25) is 0 Å². The standard InChI is InChI=1S/C19H25N5O/c1-14(11-23-13-20-12-21-23)22-19(25)24(16-9-10-16)18-8-4-6-15-5-2-3-7-17(15)18/h2-3,5,7,12-14,16,18H,4,6,8-11H2,1H3,(H,22,25)/t14-,18-/m0/s1. The van der Waals surface area contributed by atoms with Crippen molar-refractivity contribution < 1.29 is 4.79 Å². The van der Waals surface area contributed by atoms with Crippen LogP contribution in [0.15, 0.2) is 36.9 Å². The molecule has 2 amide bonds. The average molecular weight is 339 g/mol. The SMILES string of the molecule is C[C@@H](Cn1cncn1)NC(=O)N(C1CC1)[C@H]1CCCc2ccccc21. The molecule has 0 bridgehead atoms. The molecule has 132 valence electrons. The van der Waals surface area contributed by atoms with Gasteiger partial charge >= 0.3 is 6.03 Å². The first-order chi connectivity index (χ1) is 12.2. The van der Waals surface area contributed by atoms with Crippen LogP contribution in [-0.4, -0.2) is 37.8 Å². The largest absolute Gasteiger partial charge is 0.334 e. The fourth-order valence-electron chi connectivity index (χ4n) is 3.87. The lowest BCUT2D eigenvalue weighted by atomic mass is 9.87. The van der Waals surface area contributed by atoms with Gasteiger partial charge in [0, 0.05) is 12.1 Å². The molecular formula is C19H25N5O. The minimum atomic E-state index is 0.00860. The molecule has 25 heavy (non-hydrogen) atoms. The molecule has 1 N–H and O–H groups in total. The van der Waals surface area contributed by atoms with E-state index in [1.54, 1.807) is 11.0 Å². The average Bonchev–Trinajstić information content (AvgIpc) is 3.31. The van der Waals surface area contributed by atoms with Gasteiger partial charge < -0.3 is 10.2 Å². The van der Waals surface area contributed by atoms with Crippen LogP contribution in [0.1, 0.15) is 49.8 Å². The van der Waals surface area contributed by atoms with E-state index in [1.807, 2.05) is 6.92 Å². The maximum Gasteiger partial charge on any atom is 0.318 e. The fraction of sp³-hybridized carbons (Fsp3) is 0.526. The minimum absolute atomic E-state index is 0.00860. The number of aromatic nitrogens is 3. The van der Waals surface area contributed by atoms with Gasteiger partial charge in [-0.25, -0.2) is 9.78 Å². The maximum absolute atomic E-state index is 13.0. The van der Waals surface area contributed by atoms with Gasteiger partial charge in [0.1, 0.15) is 12.7 Å². The third kappa shape index (κ3) is 3.52. The summed E-state index contributed by atoms with van der Waals surface area (Å²) in [6, 6.07) is 9.24. The Hall–Kier alpha value is -2.37. The number of hydrogen-bond acceptors (Lipinski definition) is 3. The van der Waals surface area contributed by atoms with Crippen LogP contribution in [0.5, 0.6) is 0 Å². The number of urea groups is 1. The molecule has 6 heteroatoms. The van der Waals surface area contributed by atoms with Gasteiger partial charge in [0.15, 0.2) is 0 Å². The van der Waals surface area contributed by atoms with Gasteiger partial charge in [-0.05, 0) is 50.2 Å². The smallest absolute Gasteiger partial charge is 0.318 e. The van der Waals surface area contributed by atoms with Crippen molar-refractivity contribution in [3.63, 3.8) is 0 Å². The lowest BCUT2D eigenvalue weighted by Crippen LogP contribution is -2.48. The molecule has 4 rings (SSSR count). The zero-order valence-corrected chi connectivity index (χ0v) is 14.6. The highest BCUT2D eigenvalue weighted by atomic mass is 16.2. The summed E-state index contributed by atoms with van der Waals surface area (Å²) < 4.78 is 1.75. The molecule has 1 saturated carbocycles. The van der Waals surface area contributed by atoms with E-state index >= 15 is 0 Å². The number of hydrogen-bond donors (Lipinski definition) is 1. The number of rotatable bonds is 5. The van der Waals surface area contributed by atoms with Gasteiger partial charge in [0.05, 0.1) is 12.6 Å². The Bertz CT molecular complexity index is 725. The van der Waals surface area contributed by atoms with E-state index in [0.29, 0.717) is 12.6 Å². The summed E-state index contributed by atoms with van der Waals surface area (Å²) in [6.45, 7) is 2.64. The van der Waals surface area contributed by atoms with Crippen molar-refractivity contribution in [3.05, 3.63) is 48.0 Å². The van der Waals surface area contributed by atoms with Gasteiger partial charge in [-0.15, -0.1) is 0 Å². The van der Waals surface area contributed by atoms with E-state index < -0.39 is 0 Å². The van der Waals surface area contributed by atoms with Crippen molar-refractivity contribution in [2.45, 2.75) is 63.7 Å². The molecule has 0 unspecified atom stereocenters. The van der Waals surface area contributed by atoms with Gasteiger partial charge in [-0.3, -0.25) is 4.68 Å². The molecule has 2 atom stereocenters. The molecule has 0 spiro atoms. The number of fused-ring (bicyclic) bond motifs is 1. The second-order valence-corrected chi connectivity index (χ2v) is 7.21. The highest BCUT2D eigenvalue weighted by molar-refractivity contribution is 5.76. The zero-order chi connectivity index (χ0) is 17.2. The number of aryl methyl sites for hydroxylation is 1. The van der Waals surface area contributed by atoms with E-state index in [0.717, 1.165) is 32.1 Å². The van der Waals surface area contributed by atoms with Crippen LogP contribution in [0, 0.1) is 0 Å². The Morgan fingerprint density at radius 3 is 2.96 bits per heavy atom. The van der Waals surface area contributed by atoms with Crippen LogP contribution in [0.4, 0.5) is 4.79 Å². The fourth-order valence-corrected chi connectivity index (χ4v) is 3.87. The lowest BCUT2D eigenvalue weighted by Gasteiger charge is -2.36. The van der Waals surface area contributed by atoms with Gasteiger partial charge in [0.25, 0.3) is 0 Å². The van der Waals surface area contributed by atoms with E-state index in [4.69, 9.17) is 0 Å². The first-order valence-electron chi connectivity index (χ1n) is 9.21. The van der Waals surface area contributed by atoms with Crippen molar-refractivity contribution >= 4 is 6.03 Å². The van der Waals surface area contributed by atoms with Crippen molar-refractivity contribution in [2.24, 2.45) is 0 Å². The summed E-state index contributed by atoms with van der Waals surface area (Å²) in [6.07, 6.45) is 8.75. The molecule has 0 radical (unpaired) electrons. The van der Waals surface area contributed by atoms with Crippen LogP contribution < -0.4 is 5.32 Å². The summed E-state index contributed by atoms with van der Waals surface area (Å²) in [5, 5.41) is 7.28. The van der Waals surface area contributed by atoms with Gasteiger partial charge in [-0.1, -0.05) is 24.3 Å². The molecule has 0 aliphatic heterocycles. The molecule has 1 heterocycles. The lowest BCUT2D eigenvalue weighted by molar-refractivity contribution is 0.158. The van der Waals surface area contributed by atoms with Crippen molar-refractivity contribution in [1.82, 2.24) is 25.0 Å². The predicted octanol–water partition coefficient (Wildman–Crippen LogP) is 2.92. The summed E-state index contributed by atoms with van der Waals surface area (Å²) in [7, 11) is 0. The van der Waals surface area contributed by atoms with E-state index in [2.05, 4.69) is 44.6 Å². The third-order valence-electron chi connectivity index (χ3n) is 5.15. The van der Waals surface area contributed by atoms with E-state index in [9.17, 15) is 4.79 Å². The van der Waals surface area contributed by atoms with E-state index in [-0.39, 0.29) is 18.1 Å². The Labute approximate surface area is 148 Å². The molecule has 6 nitrogen and oxygen atoms in total. The number of benzene rings is 1. The van der Waals surface area contributed by atoms with Crippen molar-refractivity contribution in [1.29, 1.82) is 0 Å². The van der Waals surface area contributed by atoms with Gasteiger partial charge in [-0.2, -0.15) is 5.10 Å². The Balaban J connectivity index is 1.49. The summed E-state index contributed by atoms with van der Waals surface area (Å²) in [5.74, 6) is 0. The van der Waals surface area contributed by atoms with Crippen LogP contribution in [0.25, 0.3) is 0 Å². The van der Waals surface area contributed by atoms with Crippen molar-refractivity contribution in [2.75, 3.05) is 0 Å². The second-order valence-electron chi connectivity index (χ2n) is 7.21. The minimum Gasteiger partial charge on any atom is -0.334 e. The number of nitrogens with zero attached hydrogens (tertiary/aromatic N) is 4. The molecule has 2 aromatic rings. The third-order valence-corrected chi connectivity index (χ3v) is 5.15. The second kappa shape index (κ2) is 6.86. The molecule has 2 aliphatic carbocycles. The van der Waals surface area contributed by atoms with Crippen molar-refractivity contribution in [3.8, 4) is 0 Å². The molecule has 1 aromatic carbocycles. The highest BCUT2D eigenvalue weighted by Crippen LogP contribution is 2.40. The molecule has 0 saturated heterocycles. The first kappa shape index (κ1) is 16.1. The Morgan fingerprint density at radius 1 is 1.36 bits per heavy atom. The summed E-state index contributed by atoms with van der Waals surface area (Å²) in [4.78, 5) is 19.1. The Kier molecular flexibility index (Phi) is 4.42. The summed E-state index contributed by atoms with van der Waals surface area (Å²) >= 11 is 0. The van der Waals surface area contributed by atoms with Crippen LogP contribution in [0.3, 0.4) is 0 Å². The molecule has 1 fully saturated rings. The highest BCUT2D eigenvalue weighted by Gasteiger charge is 2.39. The number of carbonyl (C=O) groups excluding carboxylic acids is 1. The normalized spacial score (nSPS) is 20.6.